The van der Waals surface area contributed by atoms with Crippen molar-refractivity contribution in [2.75, 3.05) is 0 Å². The maximum atomic E-state index is 10.7. The summed E-state index contributed by atoms with van der Waals surface area (Å²) >= 11 is 0. The number of aliphatic hydroxyl groups excluding tert-OH is 2. The Labute approximate surface area is 89.9 Å². The van der Waals surface area contributed by atoms with Gasteiger partial charge in [0.1, 0.15) is 17.1 Å². The average Bonchev–Trinajstić information content (AvgIpc) is 2.73. The smallest absolute Gasteiger partial charge is 0.249 e. The van der Waals surface area contributed by atoms with Crippen LogP contribution in [-0.2, 0) is 4.79 Å². The second kappa shape index (κ2) is 3.87. The first-order valence-corrected chi connectivity index (χ1v) is 4.55. The minimum Gasteiger partial charge on any atom is -0.385 e. The monoisotopic (exact) mass is 222 g/mol. The van der Waals surface area contributed by atoms with Crippen LogP contribution in [0.15, 0.2) is 18.2 Å². The van der Waals surface area contributed by atoms with Crippen molar-refractivity contribution in [1.29, 1.82) is 0 Å². The van der Waals surface area contributed by atoms with Crippen molar-refractivity contribution in [2.45, 2.75) is 12.2 Å². The van der Waals surface area contributed by atoms with E-state index in [4.69, 9.17) is 5.73 Å². The SMILES string of the molecule is NC(=O)C(O)C(O)c1ccc2n[nH]nc2c1. The van der Waals surface area contributed by atoms with Crippen LogP contribution in [0.4, 0.5) is 0 Å². The molecule has 0 radical (unpaired) electrons. The number of aliphatic hydroxyl groups is 2. The molecule has 5 N–H and O–H groups in total. The number of hydrogen-bond donors (Lipinski definition) is 4. The van der Waals surface area contributed by atoms with E-state index in [1.165, 1.54) is 6.07 Å². The fraction of sp³-hybridized carbons (Fsp3) is 0.222. The maximum Gasteiger partial charge on any atom is 0.249 e. The summed E-state index contributed by atoms with van der Waals surface area (Å²) in [6, 6.07) is 4.68. The van der Waals surface area contributed by atoms with Gasteiger partial charge in [-0.3, -0.25) is 4.79 Å². The van der Waals surface area contributed by atoms with Crippen LogP contribution in [0.25, 0.3) is 11.0 Å². The van der Waals surface area contributed by atoms with Crippen LogP contribution in [0.2, 0.25) is 0 Å². The highest BCUT2D eigenvalue weighted by Crippen LogP contribution is 2.20. The van der Waals surface area contributed by atoms with E-state index in [1.807, 2.05) is 0 Å². The number of aromatic nitrogens is 3. The van der Waals surface area contributed by atoms with Crippen LogP contribution >= 0.6 is 0 Å². The van der Waals surface area contributed by atoms with E-state index in [-0.39, 0.29) is 0 Å². The normalized spacial score (nSPS) is 14.9. The molecule has 7 nitrogen and oxygen atoms in total. The Morgan fingerprint density at radius 2 is 2.00 bits per heavy atom. The zero-order valence-electron chi connectivity index (χ0n) is 8.16. The fourth-order valence-electron chi connectivity index (χ4n) is 1.38. The Balaban J connectivity index is 2.35. The second-order valence-electron chi connectivity index (χ2n) is 3.36. The third-order valence-electron chi connectivity index (χ3n) is 2.27. The molecule has 0 saturated heterocycles. The molecule has 0 aliphatic carbocycles. The predicted molar refractivity (Wildman–Crippen MR) is 54.0 cm³/mol. The van der Waals surface area contributed by atoms with Gasteiger partial charge in [-0.25, -0.2) is 0 Å². The summed E-state index contributed by atoms with van der Waals surface area (Å²) in [5.74, 6) is -0.979. The molecule has 2 rings (SSSR count). The summed E-state index contributed by atoms with van der Waals surface area (Å²) in [5.41, 5.74) is 6.40. The number of carbonyl (C=O) groups excluding carboxylic acids is 1. The van der Waals surface area contributed by atoms with E-state index >= 15 is 0 Å². The zero-order chi connectivity index (χ0) is 11.7. The number of nitrogens with zero attached hydrogens (tertiary/aromatic N) is 2. The van der Waals surface area contributed by atoms with E-state index in [0.717, 1.165) is 0 Å². The average molecular weight is 222 g/mol. The number of rotatable bonds is 3. The van der Waals surface area contributed by atoms with Crippen molar-refractivity contribution in [3.8, 4) is 0 Å². The third-order valence-corrected chi connectivity index (χ3v) is 2.27. The number of fused-ring (bicyclic) bond motifs is 1. The summed E-state index contributed by atoms with van der Waals surface area (Å²) in [6.07, 6.45) is -3.00. The van der Waals surface area contributed by atoms with Crippen molar-refractivity contribution < 1.29 is 15.0 Å². The van der Waals surface area contributed by atoms with Gasteiger partial charge in [0.2, 0.25) is 5.91 Å². The zero-order valence-corrected chi connectivity index (χ0v) is 8.16. The van der Waals surface area contributed by atoms with Gasteiger partial charge >= 0.3 is 0 Å². The van der Waals surface area contributed by atoms with Gasteiger partial charge in [0.15, 0.2) is 6.10 Å². The number of carbonyl (C=O) groups is 1. The Morgan fingerprint density at radius 1 is 1.31 bits per heavy atom. The van der Waals surface area contributed by atoms with Crippen molar-refractivity contribution in [1.82, 2.24) is 15.4 Å². The minimum absolute atomic E-state index is 0.354. The van der Waals surface area contributed by atoms with Crippen LogP contribution in [0.5, 0.6) is 0 Å². The van der Waals surface area contributed by atoms with Crippen molar-refractivity contribution in [2.24, 2.45) is 5.73 Å². The highest BCUT2D eigenvalue weighted by molar-refractivity contribution is 5.80. The summed E-state index contributed by atoms with van der Waals surface area (Å²) in [6.45, 7) is 0. The molecule has 1 aromatic heterocycles. The lowest BCUT2D eigenvalue weighted by molar-refractivity contribution is -0.131. The van der Waals surface area contributed by atoms with Gasteiger partial charge in [-0.1, -0.05) is 6.07 Å². The molecule has 0 bridgehead atoms. The third kappa shape index (κ3) is 1.73. The van der Waals surface area contributed by atoms with Gasteiger partial charge < -0.3 is 15.9 Å². The molecule has 0 spiro atoms. The molecule has 16 heavy (non-hydrogen) atoms. The molecule has 2 unspecified atom stereocenters. The summed E-state index contributed by atoms with van der Waals surface area (Å²) in [4.78, 5) is 10.7. The molecule has 0 saturated carbocycles. The lowest BCUT2D eigenvalue weighted by atomic mass is 10.0. The number of nitrogens with one attached hydrogen (secondary N) is 1. The van der Waals surface area contributed by atoms with Crippen LogP contribution in [0, 0.1) is 0 Å². The quantitative estimate of drug-likeness (QED) is 0.521. The molecular formula is C9H10N4O3. The Kier molecular flexibility index (Phi) is 2.55. The highest BCUT2D eigenvalue weighted by Gasteiger charge is 2.23. The topological polar surface area (TPSA) is 125 Å². The lowest BCUT2D eigenvalue weighted by Gasteiger charge is -2.14. The van der Waals surface area contributed by atoms with Gasteiger partial charge in [0.25, 0.3) is 0 Å². The number of primary amides is 1. The Hall–Kier alpha value is -1.99. The molecule has 0 aliphatic heterocycles. The number of nitrogens with two attached hydrogens (primary N) is 1. The molecule has 1 amide bonds. The van der Waals surface area contributed by atoms with Gasteiger partial charge in [0, 0.05) is 0 Å². The molecule has 2 aromatic rings. The van der Waals surface area contributed by atoms with Crippen LogP contribution < -0.4 is 5.73 Å². The first-order valence-electron chi connectivity index (χ1n) is 4.55. The first-order chi connectivity index (χ1) is 7.59. The van der Waals surface area contributed by atoms with E-state index in [2.05, 4.69) is 15.4 Å². The maximum absolute atomic E-state index is 10.7. The number of amides is 1. The van der Waals surface area contributed by atoms with Gasteiger partial charge in [-0.15, -0.1) is 0 Å². The largest absolute Gasteiger partial charge is 0.385 e. The van der Waals surface area contributed by atoms with Crippen molar-refractivity contribution in [3.63, 3.8) is 0 Å². The first kappa shape index (κ1) is 10.5. The van der Waals surface area contributed by atoms with Gasteiger partial charge in [0.05, 0.1) is 0 Å². The molecule has 0 fully saturated rings. The molecular weight excluding hydrogens is 212 g/mol. The molecule has 7 heteroatoms. The molecule has 1 heterocycles. The molecule has 84 valence electrons. The van der Waals surface area contributed by atoms with Crippen LogP contribution in [0.3, 0.4) is 0 Å². The predicted octanol–water partition coefficient (Wildman–Crippen LogP) is -1.16. The minimum atomic E-state index is -1.63. The molecule has 0 aliphatic rings. The number of benzene rings is 1. The van der Waals surface area contributed by atoms with E-state index in [0.29, 0.717) is 16.6 Å². The number of hydrogen-bond acceptors (Lipinski definition) is 5. The fourth-order valence-corrected chi connectivity index (χ4v) is 1.38. The van der Waals surface area contributed by atoms with Crippen molar-refractivity contribution in [3.05, 3.63) is 23.8 Å². The Morgan fingerprint density at radius 3 is 2.69 bits per heavy atom. The Bertz CT molecular complexity index is 524. The lowest BCUT2D eigenvalue weighted by Crippen LogP contribution is -2.33. The van der Waals surface area contributed by atoms with E-state index in [9.17, 15) is 15.0 Å². The van der Waals surface area contributed by atoms with Gasteiger partial charge in [-0.05, 0) is 17.7 Å². The van der Waals surface area contributed by atoms with Crippen LogP contribution in [0.1, 0.15) is 11.7 Å². The van der Waals surface area contributed by atoms with Crippen molar-refractivity contribution >= 4 is 16.9 Å². The number of aromatic amines is 1. The number of H-pyrrole nitrogens is 1. The molecule has 2 atom stereocenters. The highest BCUT2D eigenvalue weighted by atomic mass is 16.3. The standard InChI is InChI=1S/C9H10N4O3/c10-9(16)8(15)7(14)4-1-2-5-6(3-4)12-13-11-5/h1-3,7-8,14-15H,(H2,10,16)(H,11,12,13). The van der Waals surface area contributed by atoms with Gasteiger partial charge in [-0.2, -0.15) is 15.4 Å². The summed E-state index contributed by atoms with van der Waals surface area (Å²) in [7, 11) is 0. The van der Waals surface area contributed by atoms with Crippen LogP contribution in [-0.4, -0.2) is 37.6 Å². The summed E-state index contributed by atoms with van der Waals surface area (Å²) in [5, 5.41) is 29.0. The second-order valence-corrected chi connectivity index (χ2v) is 3.36. The van der Waals surface area contributed by atoms with E-state index < -0.39 is 18.1 Å². The van der Waals surface area contributed by atoms with E-state index in [1.54, 1.807) is 12.1 Å². The summed E-state index contributed by atoms with van der Waals surface area (Å²) < 4.78 is 0. The molecule has 1 aromatic carbocycles.